The first-order valence-corrected chi connectivity index (χ1v) is 4.11. The first-order chi connectivity index (χ1) is 6.95. The minimum atomic E-state index is -4.64. The molecule has 1 aromatic rings. The van der Waals surface area contributed by atoms with Crippen molar-refractivity contribution in [2.24, 2.45) is 5.73 Å². The van der Waals surface area contributed by atoms with Crippen LogP contribution in [0.1, 0.15) is 11.1 Å². The van der Waals surface area contributed by atoms with E-state index in [2.05, 4.69) is 0 Å². The molecule has 1 aromatic heterocycles. The second kappa shape index (κ2) is 4.31. The van der Waals surface area contributed by atoms with Gasteiger partial charge in [0, 0.05) is 12.7 Å². The van der Waals surface area contributed by atoms with Gasteiger partial charge in [0.1, 0.15) is 5.56 Å². The van der Waals surface area contributed by atoms with E-state index in [0.29, 0.717) is 0 Å². The number of nitrogens with two attached hydrogens (primary N) is 1. The Kier molecular flexibility index (Phi) is 3.31. The summed E-state index contributed by atoms with van der Waals surface area (Å²) in [6.45, 7) is 0.223. The molecule has 1 rings (SSSR count). The molecular weight excluding hydrogens is 209 g/mol. The molecule has 0 bridgehead atoms. The summed E-state index contributed by atoms with van der Waals surface area (Å²) >= 11 is 0. The van der Waals surface area contributed by atoms with Crippen LogP contribution in [0.3, 0.4) is 0 Å². The topological polar surface area (TPSA) is 58.9 Å². The van der Waals surface area contributed by atoms with Crippen LogP contribution in [0.15, 0.2) is 23.1 Å². The molecule has 0 spiro atoms. The zero-order valence-corrected chi connectivity index (χ0v) is 7.64. The van der Waals surface area contributed by atoms with Crippen molar-refractivity contribution in [3.8, 4) is 0 Å². The van der Waals surface area contributed by atoms with E-state index in [1.54, 1.807) is 0 Å². The lowest BCUT2D eigenvalue weighted by Crippen LogP contribution is -2.21. The minimum Gasteiger partial charge on any atom is -0.328 e. The molecule has 0 aliphatic carbocycles. The van der Waals surface area contributed by atoms with Gasteiger partial charge in [-0.15, -0.1) is 0 Å². The van der Waals surface area contributed by atoms with Crippen LogP contribution in [0.25, 0.3) is 6.08 Å². The average Bonchev–Trinajstić information content (AvgIpc) is 2.15. The fraction of sp³-hybridized carbons (Fsp3) is 0.222. The Morgan fingerprint density at radius 2 is 2.13 bits per heavy atom. The number of hydrogen-bond acceptors (Lipinski definition) is 2. The molecule has 3 N–H and O–H groups in total. The lowest BCUT2D eigenvalue weighted by atomic mass is 10.2. The molecule has 0 aliphatic rings. The van der Waals surface area contributed by atoms with Gasteiger partial charge in [0.05, 0.1) is 0 Å². The fourth-order valence-electron chi connectivity index (χ4n) is 1.01. The SMILES string of the molecule is NCC=Cc1c[nH]c(=O)c(C(F)(F)F)c1. The summed E-state index contributed by atoms with van der Waals surface area (Å²) in [5, 5.41) is 0. The number of pyridine rings is 1. The van der Waals surface area contributed by atoms with Gasteiger partial charge in [-0.2, -0.15) is 13.2 Å². The van der Waals surface area contributed by atoms with Gasteiger partial charge in [-0.1, -0.05) is 12.2 Å². The van der Waals surface area contributed by atoms with Crippen molar-refractivity contribution in [1.29, 1.82) is 0 Å². The second-order valence-corrected chi connectivity index (χ2v) is 2.81. The molecule has 0 amide bonds. The number of rotatable bonds is 2. The normalized spacial score (nSPS) is 12.3. The van der Waals surface area contributed by atoms with Crippen molar-refractivity contribution in [2.45, 2.75) is 6.18 Å². The highest BCUT2D eigenvalue weighted by Crippen LogP contribution is 2.26. The summed E-state index contributed by atoms with van der Waals surface area (Å²) in [4.78, 5) is 12.9. The van der Waals surface area contributed by atoms with Gasteiger partial charge in [0.2, 0.25) is 0 Å². The van der Waals surface area contributed by atoms with Crippen LogP contribution in [0, 0.1) is 0 Å². The zero-order valence-electron chi connectivity index (χ0n) is 7.64. The number of hydrogen-bond donors (Lipinski definition) is 2. The zero-order chi connectivity index (χ0) is 11.5. The predicted molar refractivity (Wildman–Crippen MR) is 50.2 cm³/mol. The smallest absolute Gasteiger partial charge is 0.328 e. The third kappa shape index (κ3) is 2.95. The lowest BCUT2D eigenvalue weighted by molar-refractivity contribution is -0.138. The highest BCUT2D eigenvalue weighted by molar-refractivity contribution is 5.49. The molecule has 0 unspecified atom stereocenters. The van der Waals surface area contributed by atoms with Gasteiger partial charge in [-0.3, -0.25) is 4.79 Å². The lowest BCUT2D eigenvalue weighted by Gasteiger charge is -2.05. The van der Waals surface area contributed by atoms with E-state index in [1.807, 2.05) is 4.98 Å². The average molecular weight is 218 g/mol. The first-order valence-electron chi connectivity index (χ1n) is 4.11. The molecule has 3 nitrogen and oxygen atoms in total. The van der Waals surface area contributed by atoms with Gasteiger partial charge < -0.3 is 10.7 Å². The monoisotopic (exact) mass is 218 g/mol. The molecule has 0 aliphatic heterocycles. The van der Waals surface area contributed by atoms with Crippen molar-refractivity contribution in [2.75, 3.05) is 6.54 Å². The Bertz CT molecular complexity index is 420. The second-order valence-electron chi connectivity index (χ2n) is 2.81. The molecule has 1 heterocycles. The van der Waals surface area contributed by atoms with E-state index in [9.17, 15) is 18.0 Å². The number of aromatic amines is 1. The van der Waals surface area contributed by atoms with Crippen LogP contribution in [-0.2, 0) is 6.18 Å². The van der Waals surface area contributed by atoms with E-state index >= 15 is 0 Å². The van der Waals surface area contributed by atoms with E-state index in [-0.39, 0.29) is 12.1 Å². The quantitative estimate of drug-likeness (QED) is 0.787. The molecule has 0 fully saturated rings. The summed E-state index contributed by atoms with van der Waals surface area (Å²) in [5.41, 5.74) is 3.05. The van der Waals surface area contributed by atoms with E-state index in [0.717, 1.165) is 6.07 Å². The molecule has 15 heavy (non-hydrogen) atoms. The summed E-state index contributed by atoms with van der Waals surface area (Å²) < 4.78 is 36.8. The van der Waals surface area contributed by atoms with E-state index in [1.165, 1.54) is 18.3 Å². The molecule has 0 saturated heterocycles. The standard InChI is InChI=1S/C9H9F3N2O/c10-9(11,12)7-4-6(2-1-3-13)5-14-8(7)15/h1-2,4-5H,3,13H2,(H,14,15). The molecule has 0 atom stereocenters. The Hall–Kier alpha value is -1.56. The Morgan fingerprint density at radius 1 is 1.47 bits per heavy atom. The van der Waals surface area contributed by atoms with E-state index < -0.39 is 17.3 Å². The third-order valence-electron chi connectivity index (χ3n) is 1.68. The van der Waals surface area contributed by atoms with Crippen molar-refractivity contribution in [3.05, 3.63) is 39.8 Å². The Balaban J connectivity index is 3.17. The van der Waals surface area contributed by atoms with Gasteiger partial charge >= 0.3 is 6.18 Å². The minimum absolute atomic E-state index is 0.223. The summed E-state index contributed by atoms with van der Waals surface area (Å²) in [6, 6.07) is 0.783. The van der Waals surface area contributed by atoms with Gasteiger partial charge in [-0.05, 0) is 11.6 Å². The number of H-pyrrole nitrogens is 1. The van der Waals surface area contributed by atoms with Crippen LogP contribution >= 0.6 is 0 Å². The molecule has 0 saturated carbocycles. The maximum absolute atomic E-state index is 12.3. The summed E-state index contributed by atoms with van der Waals surface area (Å²) in [5.74, 6) is 0. The van der Waals surface area contributed by atoms with Crippen LogP contribution in [-0.4, -0.2) is 11.5 Å². The van der Waals surface area contributed by atoms with Crippen molar-refractivity contribution in [3.63, 3.8) is 0 Å². The Labute approximate surface area is 83.4 Å². The highest BCUT2D eigenvalue weighted by Gasteiger charge is 2.33. The molecule has 0 aromatic carbocycles. The molecule has 0 radical (unpaired) electrons. The largest absolute Gasteiger partial charge is 0.421 e. The predicted octanol–water partition coefficient (Wildman–Crippen LogP) is 1.37. The van der Waals surface area contributed by atoms with Gasteiger partial charge in [0.15, 0.2) is 0 Å². The fourth-order valence-corrected chi connectivity index (χ4v) is 1.01. The van der Waals surface area contributed by atoms with Crippen LogP contribution in [0.4, 0.5) is 13.2 Å². The van der Waals surface area contributed by atoms with Crippen LogP contribution in [0.5, 0.6) is 0 Å². The number of aromatic nitrogens is 1. The summed E-state index contributed by atoms with van der Waals surface area (Å²) in [6.07, 6.45) is -0.539. The Morgan fingerprint density at radius 3 is 2.67 bits per heavy atom. The van der Waals surface area contributed by atoms with Crippen molar-refractivity contribution in [1.82, 2.24) is 4.98 Å². The van der Waals surface area contributed by atoms with Crippen LogP contribution < -0.4 is 11.3 Å². The molecule has 82 valence electrons. The molecule has 6 heteroatoms. The summed E-state index contributed by atoms with van der Waals surface area (Å²) in [7, 11) is 0. The van der Waals surface area contributed by atoms with Gasteiger partial charge in [-0.25, -0.2) is 0 Å². The number of halogens is 3. The van der Waals surface area contributed by atoms with E-state index in [4.69, 9.17) is 5.73 Å². The number of nitrogens with one attached hydrogen (secondary N) is 1. The van der Waals surface area contributed by atoms with Gasteiger partial charge in [0.25, 0.3) is 5.56 Å². The maximum Gasteiger partial charge on any atom is 0.421 e. The highest BCUT2D eigenvalue weighted by atomic mass is 19.4. The third-order valence-corrected chi connectivity index (χ3v) is 1.68. The van der Waals surface area contributed by atoms with Crippen molar-refractivity contribution >= 4 is 6.08 Å². The van der Waals surface area contributed by atoms with Crippen LogP contribution in [0.2, 0.25) is 0 Å². The van der Waals surface area contributed by atoms with Crippen molar-refractivity contribution < 1.29 is 13.2 Å². The first kappa shape index (κ1) is 11.5. The number of alkyl halides is 3. The maximum atomic E-state index is 12.3. The molecular formula is C9H9F3N2O.